The van der Waals surface area contributed by atoms with E-state index in [4.69, 9.17) is 18.6 Å². The van der Waals surface area contributed by atoms with E-state index >= 15 is 0 Å². The molecule has 0 saturated carbocycles. The van der Waals surface area contributed by atoms with E-state index in [1.807, 2.05) is 63.2 Å². The molecular formula is C26H29NO5. The highest BCUT2D eigenvalue weighted by Crippen LogP contribution is 2.34. The van der Waals surface area contributed by atoms with Crippen LogP contribution >= 0.6 is 0 Å². The number of Topliss-reactive ketones (excluding diaryl/α,β-unsaturated/α-hetero) is 1. The Balaban J connectivity index is 1.73. The molecule has 0 amide bonds. The van der Waals surface area contributed by atoms with Crippen molar-refractivity contribution in [2.45, 2.75) is 40.0 Å². The first kappa shape index (κ1) is 23.1. The normalized spacial score (nSPS) is 11.3. The quantitative estimate of drug-likeness (QED) is 0.262. The molecule has 1 heterocycles. The Kier molecular flexibility index (Phi) is 8.08. The Morgan fingerprint density at radius 2 is 1.91 bits per heavy atom. The highest BCUT2D eigenvalue weighted by molar-refractivity contribution is 5.98. The number of ether oxygens (including phenoxy) is 3. The van der Waals surface area contributed by atoms with Crippen molar-refractivity contribution in [2.75, 3.05) is 13.7 Å². The number of allylic oxidation sites excluding steroid dienone is 2. The number of ketones is 1. The molecule has 0 fully saturated rings. The van der Waals surface area contributed by atoms with E-state index in [0.29, 0.717) is 53.8 Å². The summed E-state index contributed by atoms with van der Waals surface area (Å²) in [6, 6.07) is 12.8. The van der Waals surface area contributed by atoms with E-state index in [2.05, 4.69) is 4.98 Å². The zero-order valence-corrected chi connectivity index (χ0v) is 19.0. The molecule has 0 unspecified atom stereocenters. The summed E-state index contributed by atoms with van der Waals surface area (Å²) < 4.78 is 22.6. The minimum absolute atomic E-state index is 0.0113. The van der Waals surface area contributed by atoms with Crippen LogP contribution in [-0.2, 0) is 6.42 Å². The minimum atomic E-state index is 0.0113. The fourth-order valence-electron chi connectivity index (χ4n) is 3.27. The number of aryl methyl sites for hydroxylation is 1. The first-order valence-electron chi connectivity index (χ1n) is 10.8. The molecule has 0 aliphatic rings. The molecule has 168 valence electrons. The summed E-state index contributed by atoms with van der Waals surface area (Å²) in [5, 5.41) is 0. The maximum atomic E-state index is 12.7. The second-order valence-corrected chi connectivity index (χ2v) is 7.07. The van der Waals surface area contributed by atoms with Crippen molar-refractivity contribution in [1.82, 2.24) is 4.98 Å². The van der Waals surface area contributed by atoms with Gasteiger partial charge in [0.15, 0.2) is 17.3 Å². The molecule has 0 bridgehead atoms. The maximum Gasteiger partial charge on any atom is 0.226 e. The van der Waals surface area contributed by atoms with Gasteiger partial charge >= 0.3 is 0 Å². The van der Waals surface area contributed by atoms with E-state index in [-0.39, 0.29) is 5.78 Å². The number of hydrogen-bond acceptors (Lipinski definition) is 6. The van der Waals surface area contributed by atoms with Gasteiger partial charge < -0.3 is 18.6 Å². The number of carbonyl (C=O) groups excluding carboxylic acids is 1. The Morgan fingerprint density at radius 3 is 2.62 bits per heavy atom. The summed E-state index contributed by atoms with van der Waals surface area (Å²) >= 11 is 0. The molecule has 6 heteroatoms. The van der Waals surface area contributed by atoms with Gasteiger partial charge in [0, 0.05) is 24.8 Å². The van der Waals surface area contributed by atoms with Crippen molar-refractivity contribution in [3.63, 3.8) is 0 Å². The number of benzene rings is 2. The summed E-state index contributed by atoms with van der Waals surface area (Å²) in [4.78, 5) is 17.3. The van der Waals surface area contributed by atoms with Crippen LogP contribution in [-0.4, -0.2) is 24.5 Å². The van der Waals surface area contributed by atoms with Crippen molar-refractivity contribution in [1.29, 1.82) is 0 Å². The molecule has 32 heavy (non-hydrogen) atoms. The number of rotatable bonds is 11. The monoisotopic (exact) mass is 435 g/mol. The highest BCUT2D eigenvalue weighted by atomic mass is 16.5. The number of methoxy groups -OCH3 is 1. The van der Waals surface area contributed by atoms with Gasteiger partial charge in [-0.1, -0.05) is 19.1 Å². The Bertz CT molecular complexity index is 1080. The summed E-state index contributed by atoms with van der Waals surface area (Å²) in [5.74, 6) is 3.17. The van der Waals surface area contributed by atoms with E-state index < -0.39 is 0 Å². The molecule has 0 N–H and O–H groups in total. The molecule has 2 aromatic carbocycles. The minimum Gasteiger partial charge on any atom is -0.493 e. The molecule has 0 aliphatic carbocycles. The van der Waals surface area contributed by atoms with Gasteiger partial charge in [0.25, 0.3) is 0 Å². The summed E-state index contributed by atoms with van der Waals surface area (Å²) in [7, 11) is 1.60. The number of nitrogens with zero attached hydrogens (tertiary/aromatic N) is 1. The van der Waals surface area contributed by atoms with E-state index in [0.717, 1.165) is 17.7 Å². The molecule has 0 aliphatic heterocycles. The fourth-order valence-corrected chi connectivity index (χ4v) is 3.27. The molecule has 3 rings (SSSR count). The lowest BCUT2D eigenvalue weighted by Crippen LogP contribution is -2.05. The summed E-state index contributed by atoms with van der Waals surface area (Å²) in [6.45, 7) is 6.37. The first-order valence-corrected chi connectivity index (χ1v) is 10.8. The van der Waals surface area contributed by atoms with Crippen LogP contribution in [0.4, 0.5) is 0 Å². The van der Waals surface area contributed by atoms with Gasteiger partial charge in [-0.2, -0.15) is 0 Å². The fraction of sp³-hybridized carbons (Fsp3) is 0.308. The molecular weight excluding hydrogens is 406 g/mol. The number of hydrogen-bond donors (Lipinski definition) is 0. The van der Waals surface area contributed by atoms with E-state index in [9.17, 15) is 4.79 Å². The standard InChI is InChI=1S/C26H29NO5/c1-5-20(6-2)32-25-16-18(12-15-24(25)29-4)26-27-19(17-31-26)13-14-22(28)21-10-8-9-11-23(21)30-7-3/h5,8-12,15-17H,6-7,13-14H2,1-4H3. The largest absolute Gasteiger partial charge is 0.493 e. The molecule has 0 radical (unpaired) electrons. The molecule has 1 aromatic heterocycles. The third-order valence-electron chi connectivity index (χ3n) is 4.97. The summed E-state index contributed by atoms with van der Waals surface area (Å²) in [6.07, 6.45) is 5.07. The Labute approximate surface area is 188 Å². The molecule has 0 spiro atoms. The van der Waals surface area contributed by atoms with Gasteiger partial charge in [-0.3, -0.25) is 4.79 Å². The number of oxazole rings is 1. The van der Waals surface area contributed by atoms with Crippen LogP contribution in [0.1, 0.15) is 49.7 Å². The summed E-state index contributed by atoms with van der Waals surface area (Å²) in [5.41, 5.74) is 2.07. The van der Waals surface area contributed by atoms with E-state index in [1.54, 1.807) is 19.4 Å². The van der Waals surface area contributed by atoms with Crippen LogP contribution in [0.25, 0.3) is 11.5 Å². The van der Waals surface area contributed by atoms with Crippen molar-refractivity contribution in [3.8, 4) is 28.7 Å². The molecule has 0 saturated heterocycles. The molecule has 6 nitrogen and oxygen atoms in total. The zero-order chi connectivity index (χ0) is 22.9. The molecule has 3 aromatic rings. The third kappa shape index (κ3) is 5.58. The van der Waals surface area contributed by atoms with E-state index in [1.165, 1.54) is 0 Å². The topological polar surface area (TPSA) is 70.8 Å². The van der Waals surface area contributed by atoms with Gasteiger partial charge in [0.1, 0.15) is 12.0 Å². The van der Waals surface area contributed by atoms with Crippen molar-refractivity contribution in [2.24, 2.45) is 0 Å². The smallest absolute Gasteiger partial charge is 0.226 e. The van der Waals surface area contributed by atoms with Crippen molar-refractivity contribution >= 4 is 5.78 Å². The number of aromatic nitrogens is 1. The first-order chi connectivity index (χ1) is 15.6. The van der Waals surface area contributed by atoms with Crippen LogP contribution < -0.4 is 14.2 Å². The number of carbonyl (C=O) groups is 1. The van der Waals surface area contributed by atoms with Gasteiger partial charge in [0.05, 0.1) is 30.7 Å². The van der Waals surface area contributed by atoms with Gasteiger partial charge in [-0.25, -0.2) is 4.98 Å². The predicted molar refractivity (Wildman–Crippen MR) is 123 cm³/mol. The zero-order valence-electron chi connectivity index (χ0n) is 19.0. The molecule has 0 atom stereocenters. The Morgan fingerprint density at radius 1 is 1.09 bits per heavy atom. The second-order valence-electron chi connectivity index (χ2n) is 7.07. The van der Waals surface area contributed by atoms with Gasteiger partial charge in [0.2, 0.25) is 5.89 Å². The lowest BCUT2D eigenvalue weighted by atomic mass is 10.0. The van der Waals surface area contributed by atoms with Crippen LogP contribution in [0.5, 0.6) is 17.2 Å². The van der Waals surface area contributed by atoms with Gasteiger partial charge in [-0.05, 0) is 50.3 Å². The average molecular weight is 436 g/mol. The SMILES string of the molecule is CC=C(CC)Oc1cc(-c2nc(CCC(=O)c3ccccc3OCC)co2)ccc1OC. The van der Waals surface area contributed by atoms with Crippen molar-refractivity contribution in [3.05, 3.63) is 71.8 Å². The van der Waals surface area contributed by atoms with Gasteiger partial charge in [-0.15, -0.1) is 0 Å². The number of para-hydroxylation sites is 1. The van der Waals surface area contributed by atoms with Crippen LogP contribution in [0, 0.1) is 0 Å². The van der Waals surface area contributed by atoms with Crippen molar-refractivity contribution < 1.29 is 23.4 Å². The highest BCUT2D eigenvalue weighted by Gasteiger charge is 2.15. The lowest BCUT2D eigenvalue weighted by molar-refractivity contribution is 0.0979. The average Bonchev–Trinajstić information content (AvgIpc) is 3.30. The van der Waals surface area contributed by atoms with Crippen LogP contribution in [0.2, 0.25) is 0 Å². The Hall–Kier alpha value is -3.54. The maximum absolute atomic E-state index is 12.7. The second kappa shape index (κ2) is 11.2. The third-order valence-corrected chi connectivity index (χ3v) is 4.97. The lowest BCUT2D eigenvalue weighted by Gasteiger charge is -2.12. The predicted octanol–water partition coefficient (Wildman–Crippen LogP) is 6.26. The van der Waals surface area contributed by atoms with Crippen LogP contribution in [0.3, 0.4) is 0 Å². The van der Waals surface area contributed by atoms with Crippen LogP contribution in [0.15, 0.2) is 65.0 Å².